The highest BCUT2D eigenvalue weighted by Crippen LogP contribution is 2.30. The first kappa shape index (κ1) is 18.8. The second-order valence-electron chi connectivity index (χ2n) is 7.01. The lowest BCUT2D eigenvalue weighted by Crippen LogP contribution is -2.37. The fourth-order valence-corrected chi connectivity index (χ4v) is 4.66. The second-order valence-corrected chi connectivity index (χ2v) is 7.87. The minimum Gasteiger partial charge on any atom is -0.466 e. The molecule has 28 heavy (non-hydrogen) atoms. The Labute approximate surface area is 167 Å². The van der Waals surface area contributed by atoms with Gasteiger partial charge in [0, 0.05) is 10.9 Å². The van der Waals surface area contributed by atoms with E-state index in [0.717, 1.165) is 41.9 Å². The molecule has 2 aromatic heterocycles. The zero-order valence-corrected chi connectivity index (χ0v) is 16.6. The SMILES string of the molecule is CCOC(=O)C1CCN(Cc2nc3scc(-c4ccccc4)c3c(=O)[nH]2)CC1. The fraction of sp³-hybridized carbons (Fsp3) is 0.381. The molecule has 0 bridgehead atoms. The van der Waals surface area contributed by atoms with Crippen LogP contribution < -0.4 is 5.56 Å². The molecule has 0 radical (unpaired) electrons. The van der Waals surface area contributed by atoms with Gasteiger partial charge in [-0.3, -0.25) is 14.5 Å². The van der Waals surface area contributed by atoms with Crippen molar-refractivity contribution in [2.75, 3.05) is 19.7 Å². The van der Waals surface area contributed by atoms with Crippen molar-refractivity contribution in [3.05, 3.63) is 51.9 Å². The Balaban J connectivity index is 1.49. The Bertz CT molecular complexity index is 1020. The molecule has 1 saturated heterocycles. The number of aromatic nitrogens is 2. The van der Waals surface area contributed by atoms with Crippen LogP contribution in [0.15, 0.2) is 40.5 Å². The third-order valence-electron chi connectivity index (χ3n) is 5.16. The standard InChI is InChI=1S/C21H23N3O3S/c1-2-27-21(26)15-8-10-24(11-9-15)12-17-22-19(25)18-16(13-28-20(18)23-17)14-6-4-3-5-7-14/h3-7,13,15H,2,8-12H2,1H3,(H,22,23,25). The molecular weight excluding hydrogens is 374 g/mol. The molecule has 1 N–H and O–H groups in total. The van der Waals surface area contributed by atoms with Crippen molar-refractivity contribution in [1.29, 1.82) is 0 Å². The zero-order chi connectivity index (χ0) is 19.5. The third kappa shape index (κ3) is 3.86. The van der Waals surface area contributed by atoms with Crippen molar-refractivity contribution in [1.82, 2.24) is 14.9 Å². The number of piperidine rings is 1. The van der Waals surface area contributed by atoms with Crippen LogP contribution in [0.5, 0.6) is 0 Å². The number of esters is 1. The summed E-state index contributed by atoms with van der Waals surface area (Å²) in [7, 11) is 0. The topological polar surface area (TPSA) is 75.3 Å². The van der Waals surface area contributed by atoms with Crippen LogP contribution in [0, 0.1) is 5.92 Å². The second kappa shape index (κ2) is 8.24. The molecule has 0 aliphatic carbocycles. The predicted molar refractivity (Wildman–Crippen MR) is 110 cm³/mol. The maximum Gasteiger partial charge on any atom is 0.309 e. The Hall–Kier alpha value is -2.51. The number of ether oxygens (including phenoxy) is 1. The highest BCUT2D eigenvalue weighted by molar-refractivity contribution is 7.17. The maximum atomic E-state index is 12.7. The number of nitrogens with zero attached hydrogens (tertiary/aromatic N) is 2. The molecule has 1 aliphatic rings. The summed E-state index contributed by atoms with van der Waals surface area (Å²) >= 11 is 1.50. The van der Waals surface area contributed by atoms with Gasteiger partial charge in [0.15, 0.2) is 0 Å². The van der Waals surface area contributed by atoms with E-state index in [1.165, 1.54) is 11.3 Å². The van der Waals surface area contributed by atoms with Crippen LogP contribution in [0.1, 0.15) is 25.6 Å². The van der Waals surface area contributed by atoms with E-state index in [1.54, 1.807) is 0 Å². The molecule has 0 atom stereocenters. The van der Waals surface area contributed by atoms with Gasteiger partial charge in [-0.2, -0.15) is 0 Å². The van der Waals surface area contributed by atoms with E-state index in [4.69, 9.17) is 4.74 Å². The molecule has 7 heteroatoms. The molecule has 4 rings (SSSR count). The summed E-state index contributed by atoms with van der Waals surface area (Å²) in [5.41, 5.74) is 1.85. The number of benzene rings is 1. The van der Waals surface area contributed by atoms with Crippen LogP contribution in [0.3, 0.4) is 0 Å². The summed E-state index contributed by atoms with van der Waals surface area (Å²) in [5, 5.41) is 2.65. The normalized spacial score (nSPS) is 15.8. The van der Waals surface area contributed by atoms with Crippen molar-refractivity contribution in [3.8, 4) is 11.1 Å². The molecule has 0 spiro atoms. The number of H-pyrrole nitrogens is 1. The van der Waals surface area contributed by atoms with Gasteiger partial charge in [0.2, 0.25) is 0 Å². The fourth-order valence-electron chi connectivity index (χ4n) is 3.70. The van der Waals surface area contributed by atoms with E-state index in [2.05, 4.69) is 14.9 Å². The van der Waals surface area contributed by atoms with Gasteiger partial charge in [-0.25, -0.2) is 4.98 Å². The monoisotopic (exact) mass is 397 g/mol. The minimum atomic E-state index is -0.0958. The van der Waals surface area contributed by atoms with Crippen LogP contribution in [-0.2, 0) is 16.1 Å². The molecule has 6 nitrogen and oxygen atoms in total. The van der Waals surface area contributed by atoms with E-state index in [-0.39, 0.29) is 17.4 Å². The highest BCUT2D eigenvalue weighted by Gasteiger charge is 2.26. The van der Waals surface area contributed by atoms with E-state index in [9.17, 15) is 9.59 Å². The zero-order valence-electron chi connectivity index (χ0n) is 15.8. The van der Waals surface area contributed by atoms with Crippen LogP contribution in [-0.4, -0.2) is 40.5 Å². The maximum absolute atomic E-state index is 12.7. The lowest BCUT2D eigenvalue weighted by molar-refractivity contribution is -0.149. The molecule has 0 amide bonds. The Morgan fingerprint density at radius 1 is 1.29 bits per heavy atom. The molecule has 0 unspecified atom stereocenters. The minimum absolute atomic E-state index is 0.0172. The number of hydrogen-bond donors (Lipinski definition) is 1. The van der Waals surface area contributed by atoms with Gasteiger partial charge in [-0.1, -0.05) is 30.3 Å². The average Bonchev–Trinajstić information content (AvgIpc) is 3.14. The molecule has 1 aromatic carbocycles. The van der Waals surface area contributed by atoms with Gasteiger partial charge < -0.3 is 9.72 Å². The Morgan fingerprint density at radius 3 is 2.75 bits per heavy atom. The van der Waals surface area contributed by atoms with Crippen molar-refractivity contribution in [3.63, 3.8) is 0 Å². The number of carbonyl (C=O) groups excluding carboxylic acids is 1. The number of hydrogen-bond acceptors (Lipinski definition) is 6. The lowest BCUT2D eigenvalue weighted by atomic mass is 9.97. The third-order valence-corrected chi connectivity index (χ3v) is 6.03. The van der Waals surface area contributed by atoms with Crippen molar-refractivity contribution in [2.45, 2.75) is 26.3 Å². The van der Waals surface area contributed by atoms with Gasteiger partial charge in [0.05, 0.1) is 24.5 Å². The van der Waals surface area contributed by atoms with Crippen molar-refractivity contribution < 1.29 is 9.53 Å². The summed E-state index contributed by atoms with van der Waals surface area (Å²) in [6, 6.07) is 9.90. The largest absolute Gasteiger partial charge is 0.466 e. The van der Waals surface area contributed by atoms with Gasteiger partial charge in [0.25, 0.3) is 5.56 Å². The number of rotatable bonds is 5. The van der Waals surface area contributed by atoms with E-state index in [0.29, 0.717) is 24.4 Å². The number of thiophene rings is 1. The number of likely N-dealkylation sites (tertiary alicyclic amines) is 1. The van der Waals surface area contributed by atoms with Gasteiger partial charge in [-0.05, 0) is 38.4 Å². The molecule has 0 saturated carbocycles. The molecular formula is C21H23N3O3S. The summed E-state index contributed by atoms with van der Waals surface area (Å²) < 4.78 is 5.12. The van der Waals surface area contributed by atoms with E-state index < -0.39 is 0 Å². The average molecular weight is 398 g/mol. The summed E-state index contributed by atoms with van der Waals surface area (Å²) in [6.07, 6.45) is 1.56. The summed E-state index contributed by atoms with van der Waals surface area (Å²) in [6.45, 7) is 4.43. The summed E-state index contributed by atoms with van der Waals surface area (Å²) in [4.78, 5) is 35.3. The molecule has 1 aliphatic heterocycles. The Kier molecular flexibility index (Phi) is 5.54. The number of aromatic amines is 1. The van der Waals surface area contributed by atoms with Crippen molar-refractivity contribution >= 4 is 27.5 Å². The first-order valence-electron chi connectivity index (χ1n) is 9.60. The number of nitrogens with one attached hydrogen (secondary N) is 1. The van der Waals surface area contributed by atoms with Crippen LogP contribution >= 0.6 is 11.3 Å². The van der Waals surface area contributed by atoms with E-state index in [1.807, 2.05) is 42.6 Å². The van der Waals surface area contributed by atoms with Gasteiger partial charge >= 0.3 is 5.97 Å². The predicted octanol–water partition coefficient (Wildman–Crippen LogP) is 3.43. The van der Waals surface area contributed by atoms with Crippen molar-refractivity contribution in [2.24, 2.45) is 5.92 Å². The quantitative estimate of drug-likeness (QED) is 0.668. The van der Waals surface area contributed by atoms with Gasteiger partial charge in [-0.15, -0.1) is 11.3 Å². The lowest BCUT2D eigenvalue weighted by Gasteiger charge is -2.30. The molecule has 3 aromatic rings. The van der Waals surface area contributed by atoms with Crippen LogP contribution in [0.25, 0.3) is 21.3 Å². The summed E-state index contributed by atoms with van der Waals surface area (Å²) in [5.74, 6) is 0.562. The first-order chi connectivity index (χ1) is 13.7. The van der Waals surface area contributed by atoms with Crippen LogP contribution in [0.4, 0.5) is 0 Å². The first-order valence-corrected chi connectivity index (χ1v) is 10.5. The highest BCUT2D eigenvalue weighted by atomic mass is 32.1. The molecule has 146 valence electrons. The van der Waals surface area contributed by atoms with E-state index >= 15 is 0 Å². The number of fused-ring (bicyclic) bond motifs is 1. The Morgan fingerprint density at radius 2 is 2.04 bits per heavy atom. The van der Waals surface area contributed by atoms with Gasteiger partial charge in [0.1, 0.15) is 10.7 Å². The number of carbonyl (C=O) groups is 1. The van der Waals surface area contributed by atoms with Crippen LogP contribution in [0.2, 0.25) is 0 Å². The molecule has 3 heterocycles. The smallest absolute Gasteiger partial charge is 0.309 e. The molecule has 1 fully saturated rings.